The van der Waals surface area contributed by atoms with Gasteiger partial charge < -0.3 is 29.7 Å². The van der Waals surface area contributed by atoms with Crippen LogP contribution in [-0.2, 0) is 11.3 Å². The summed E-state index contributed by atoms with van der Waals surface area (Å²) in [5, 5.41) is 7.76. The highest BCUT2D eigenvalue weighted by atomic mass is 35.5. The van der Waals surface area contributed by atoms with E-state index in [-0.39, 0.29) is 30.7 Å². The lowest BCUT2D eigenvalue weighted by Gasteiger charge is -2.21. The third kappa shape index (κ3) is 6.02. The maximum absolute atomic E-state index is 13.5. The van der Waals surface area contributed by atoms with Crippen LogP contribution in [0.1, 0.15) is 15.9 Å². The molecule has 0 aliphatic carbocycles. The molecule has 2 amide bonds. The van der Waals surface area contributed by atoms with E-state index in [0.717, 1.165) is 15.8 Å². The molecule has 2 heterocycles. The van der Waals surface area contributed by atoms with Gasteiger partial charge in [-0.15, -0.1) is 0 Å². The van der Waals surface area contributed by atoms with Gasteiger partial charge in [-0.2, -0.15) is 0 Å². The molecule has 0 saturated carbocycles. The average molecular weight is 567 g/mol. The van der Waals surface area contributed by atoms with E-state index >= 15 is 0 Å². The molecule has 39 heavy (non-hydrogen) atoms. The van der Waals surface area contributed by atoms with Crippen molar-refractivity contribution in [2.45, 2.75) is 18.7 Å². The van der Waals surface area contributed by atoms with Crippen molar-refractivity contribution in [3.05, 3.63) is 82.9 Å². The van der Waals surface area contributed by atoms with Crippen LogP contribution < -0.4 is 20.1 Å². The lowest BCUT2D eigenvalue weighted by Crippen LogP contribution is -2.46. The topological polar surface area (TPSA) is 102 Å². The second-order valence-electron chi connectivity index (χ2n) is 8.94. The van der Waals surface area contributed by atoms with E-state index in [9.17, 15) is 9.59 Å². The van der Waals surface area contributed by atoms with E-state index in [1.165, 1.54) is 25.6 Å². The molecule has 4 aromatic rings. The smallest absolute Gasteiger partial charge is 0.410 e. The number of carbonyl (C=O) groups is 2. The first-order valence-corrected chi connectivity index (χ1v) is 13.4. The van der Waals surface area contributed by atoms with Gasteiger partial charge in [0.15, 0.2) is 5.13 Å². The van der Waals surface area contributed by atoms with Crippen LogP contribution in [0.25, 0.3) is 10.2 Å². The molecule has 202 valence electrons. The van der Waals surface area contributed by atoms with Gasteiger partial charge in [0.25, 0.3) is 5.91 Å². The number of benzene rings is 3. The number of carbonyl (C=O) groups excluding carboxylic acids is 2. The Balaban J connectivity index is 1.36. The van der Waals surface area contributed by atoms with Crippen LogP contribution in [0.5, 0.6) is 11.5 Å². The van der Waals surface area contributed by atoms with Gasteiger partial charge >= 0.3 is 6.09 Å². The number of fused-ring (bicyclic) bond motifs is 1. The summed E-state index contributed by atoms with van der Waals surface area (Å²) >= 11 is 7.60. The standard InChI is InChI=1S/C28H27ClN4O5S/c1-36-22-9-6-10-23(37-2)25(22)26(34)30-20-14-33(28(35)38-16-17-7-4-3-5-8-17)15-21(20)32-27-31-19-12-11-18(29)13-24(19)39-27/h3-13,20-21H,14-16H2,1-2H3,(H,30,34)(H,31,32)/t20-,21+/m1/s1. The number of aromatic nitrogens is 1. The van der Waals surface area contributed by atoms with Gasteiger partial charge in [0.05, 0.1) is 36.5 Å². The minimum absolute atomic E-state index is 0.155. The third-order valence-electron chi connectivity index (χ3n) is 6.41. The number of anilines is 1. The summed E-state index contributed by atoms with van der Waals surface area (Å²) in [6, 6.07) is 19.3. The summed E-state index contributed by atoms with van der Waals surface area (Å²) in [6.07, 6.45) is -0.464. The van der Waals surface area contributed by atoms with E-state index in [4.69, 9.17) is 25.8 Å². The number of rotatable bonds is 8. The minimum atomic E-state index is -0.464. The Bertz CT molecular complexity index is 1460. The summed E-state index contributed by atoms with van der Waals surface area (Å²) in [5.74, 6) is 0.393. The Morgan fingerprint density at radius 2 is 1.72 bits per heavy atom. The lowest BCUT2D eigenvalue weighted by molar-refractivity contribution is 0.0916. The van der Waals surface area contributed by atoms with Crippen molar-refractivity contribution < 1.29 is 23.8 Å². The van der Waals surface area contributed by atoms with Crippen molar-refractivity contribution in [2.75, 3.05) is 32.6 Å². The number of nitrogens with one attached hydrogen (secondary N) is 2. The molecule has 0 unspecified atom stereocenters. The third-order valence-corrected chi connectivity index (χ3v) is 7.60. The second kappa shape index (κ2) is 11.8. The molecule has 9 nitrogen and oxygen atoms in total. The fraction of sp³-hybridized carbons (Fsp3) is 0.250. The number of likely N-dealkylation sites (tertiary alicyclic amines) is 1. The number of halogens is 1. The molecule has 3 aromatic carbocycles. The highest BCUT2D eigenvalue weighted by molar-refractivity contribution is 7.22. The Hall–Kier alpha value is -4.02. The molecule has 0 radical (unpaired) electrons. The molecule has 1 aliphatic rings. The number of ether oxygens (including phenoxy) is 3. The summed E-state index contributed by atoms with van der Waals surface area (Å²) in [5.41, 5.74) is 1.98. The van der Waals surface area contributed by atoms with Crippen LogP contribution in [0.2, 0.25) is 5.02 Å². The maximum atomic E-state index is 13.5. The van der Waals surface area contributed by atoms with Crippen LogP contribution in [0, 0.1) is 0 Å². The minimum Gasteiger partial charge on any atom is -0.496 e. The van der Waals surface area contributed by atoms with Crippen LogP contribution in [0.3, 0.4) is 0 Å². The molecule has 11 heteroatoms. The van der Waals surface area contributed by atoms with Crippen LogP contribution in [0.15, 0.2) is 66.7 Å². The summed E-state index contributed by atoms with van der Waals surface area (Å²) < 4.78 is 17.3. The molecular formula is C28H27ClN4O5S. The van der Waals surface area contributed by atoms with Gasteiger partial charge in [-0.25, -0.2) is 9.78 Å². The fourth-order valence-electron chi connectivity index (χ4n) is 4.49. The van der Waals surface area contributed by atoms with Crippen LogP contribution in [-0.4, -0.2) is 61.3 Å². The van der Waals surface area contributed by atoms with Gasteiger partial charge in [-0.3, -0.25) is 4.79 Å². The number of methoxy groups -OCH3 is 2. The zero-order chi connectivity index (χ0) is 27.4. The number of thiazole rings is 1. The highest BCUT2D eigenvalue weighted by Gasteiger charge is 2.38. The molecule has 1 aromatic heterocycles. The number of nitrogens with zero attached hydrogens (tertiary/aromatic N) is 2. The molecule has 0 bridgehead atoms. The Kier molecular flexibility index (Phi) is 8.04. The largest absolute Gasteiger partial charge is 0.496 e. The zero-order valence-electron chi connectivity index (χ0n) is 21.3. The van der Waals surface area contributed by atoms with E-state index in [0.29, 0.717) is 28.2 Å². The monoisotopic (exact) mass is 566 g/mol. The molecular weight excluding hydrogens is 540 g/mol. The van der Waals surface area contributed by atoms with Gasteiger partial charge in [-0.1, -0.05) is 59.3 Å². The molecule has 2 N–H and O–H groups in total. The second-order valence-corrected chi connectivity index (χ2v) is 10.4. The van der Waals surface area contributed by atoms with Crippen molar-refractivity contribution in [3.8, 4) is 11.5 Å². The molecule has 1 aliphatic heterocycles. The van der Waals surface area contributed by atoms with Gasteiger partial charge in [0.2, 0.25) is 0 Å². The first-order valence-electron chi connectivity index (χ1n) is 12.2. The van der Waals surface area contributed by atoms with Crippen molar-refractivity contribution in [3.63, 3.8) is 0 Å². The first kappa shape index (κ1) is 26.6. The summed E-state index contributed by atoms with van der Waals surface area (Å²) in [4.78, 5) is 32.7. The van der Waals surface area contributed by atoms with Gasteiger partial charge in [-0.05, 0) is 35.9 Å². The predicted molar refractivity (Wildman–Crippen MR) is 151 cm³/mol. The highest BCUT2D eigenvalue weighted by Crippen LogP contribution is 2.31. The Labute approximate surface area is 234 Å². The molecule has 1 fully saturated rings. The van der Waals surface area contributed by atoms with E-state index in [2.05, 4.69) is 15.6 Å². The zero-order valence-corrected chi connectivity index (χ0v) is 22.9. The van der Waals surface area contributed by atoms with Gasteiger partial charge in [0.1, 0.15) is 23.7 Å². The van der Waals surface area contributed by atoms with Crippen molar-refractivity contribution in [1.29, 1.82) is 0 Å². The van der Waals surface area contributed by atoms with Crippen LogP contribution in [0.4, 0.5) is 9.93 Å². The van der Waals surface area contributed by atoms with Crippen molar-refractivity contribution in [1.82, 2.24) is 15.2 Å². The number of amides is 2. The first-order chi connectivity index (χ1) is 18.9. The fourth-order valence-corrected chi connectivity index (χ4v) is 5.69. The molecule has 2 atom stereocenters. The summed E-state index contributed by atoms with van der Waals surface area (Å²) in [6.45, 7) is 0.700. The summed E-state index contributed by atoms with van der Waals surface area (Å²) in [7, 11) is 2.99. The van der Waals surface area contributed by atoms with Crippen molar-refractivity contribution in [2.24, 2.45) is 0 Å². The predicted octanol–water partition coefficient (Wildman–Crippen LogP) is 5.20. The van der Waals surface area contributed by atoms with Crippen molar-refractivity contribution >= 4 is 50.3 Å². The SMILES string of the molecule is COc1cccc(OC)c1C(=O)N[C@@H]1CN(C(=O)OCc2ccccc2)C[C@@H]1Nc1nc2ccc(Cl)cc2s1. The number of hydrogen-bond donors (Lipinski definition) is 2. The van der Waals surface area contributed by atoms with E-state index in [1.807, 2.05) is 42.5 Å². The molecule has 0 spiro atoms. The van der Waals surface area contributed by atoms with Crippen LogP contribution >= 0.6 is 22.9 Å². The normalized spacial score (nSPS) is 16.6. The lowest BCUT2D eigenvalue weighted by atomic mass is 10.1. The Morgan fingerprint density at radius 1 is 1.00 bits per heavy atom. The molecule has 1 saturated heterocycles. The quantitative estimate of drug-likeness (QED) is 0.302. The molecule has 5 rings (SSSR count). The van der Waals surface area contributed by atoms with E-state index in [1.54, 1.807) is 29.2 Å². The maximum Gasteiger partial charge on any atom is 0.410 e. The number of hydrogen-bond acceptors (Lipinski definition) is 8. The Morgan fingerprint density at radius 3 is 2.44 bits per heavy atom. The van der Waals surface area contributed by atoms with E-state index < -0.39 is 12.1 Å². The average Bonchev–Trinajstić information content (AvgIpc) is 3.54. The van der Waals surface area contributed by atoms with Gasteiger partial charge in [0, 0.05) is 18.1 Å².